The van der Waals surface area contributed by atoms with Crippen LogP contribution < -0.4 is 15.0 Å². The molecule has 4 rings (SSSR count). The van der Waals surface area contributed by atoms with Crippen molar-refractivity contribution in [1.29, 1.82) is 0 Å². The fourth-order valence-electron chi connectivity index (χ4n) is 4.58. The van der Waals surface area contributed by atoms with Crippen LogP contribution in [0.15, 0.2) is 65.0 Å². The third-order valence-electron chi connectivity index (χ3n) is 6.49. The third-order valence-corrected chi connectivity index (χ3v) is 6.49. The van der Waals surface area contributed by atoms with E-state index in [1.807, 2.05) is 13.8 Å². The lowest BCUT2D eigenvalue weighted by Crippen LogP contribution is -2.58. The number of aliphatic hydroxyl groups is 1. The molecule has 0 radical (unpaired) electrons. The van der Waals surface area contributed by atoms with Crippen molar-refractivity contribution in [3.05, 3.63) is 81.9 Å². The first-order chi connectivity index (χ1) is 18.7. The number of benzene rings is 2. The number of methoxy groups -OCH3 is 1. The summed E-state index contributed by atoms with van der Waals surface area (Å²) in [6.07, 6.45) is -11.7. The number of hydrogen-bond acceptors (Lipinski definition) is 5. The molecule has 3 aromatic rings. The molecule has 0 spiro atoms. The van der Waals surface area contributed by atoms with Gasteiger partial charge in [0.05, 0.1) is 24.1 Å². The predicted octanol–water partition coefficient (Wildman–Crippen LogP) is 6.20. The lowest BCUT2D eigenvalue weighted by atomic mass is 9.85. The number of hydrogen-bond donors (Lipinski definition) is 1. The van der Waals surface area contributed by atoms with Crippen LogP contribution in [0.2, 0.25) is 0 Å². The highest BCUT2D eigenvalue weighted by Crippen LogP contribution is 2.49. The Balaban J connectivity index is 1.92. The van der Waals surface area contributed by atoms with Gasteiger partial charge in [0.15, 0.2) is 11.5 Å². The van der Waals surface area contributed by atoms with E-state index in [0.29, 0.717) is 11.8 Å². The summed E-state index contributed by atoms with van der Waals surface area (Å²) in [6, 6.07) is 11.9. The summed E-state index contributed by atoms with van der Waals surface area (Å²) in [6.45, 7) is 3.62. The Morgan fingerprint density at radius 2 is 1.62 bits per heavy atom. The average Bonchev–Trinajstić information content (AvgIpc) is 2.87. The molecule has 0 bridgehead atoms. The first-order valence-electron chi connectivity index (χ1n) is 12.3. The van der Waals surface area contributed by atoms with Gasteiger partial charge in [0, 0.05) is 18.2 Å². The normalized spacial score (nSPS) is 14.8. The van der Waals surface area contributed by atoms with E-state index in [1.54, 1.807) is 36.4 Å². The SMILES string of the molecule is COc1cc2c(=O)n(C3=CC=C(C(O)(C(F)(F)F)C(F)(F)F)CC3)c(Cc3ccccc3)nc2cc1OC(C)C. The molecule has 0 aliphatic heterocycles. The summed E-state index contributed by atoms with van der Waals surface area (Å²) < 4.78 is 92.8. The summed E-state index contributed by atoms with van der Waals surface area (Å²) in [7, 11) is 1.39. The molecule has 0 saturated heterocycles. The Morgan fingerprint density at radius 1 is 0.975 bits per heavy atom. The minimum Gasteiger partial charge on any atom is -0.493 e. The first-order valence-corrected chi connectivity index (χ1v) is 12.3. The summed E-state index contributed by atoms with van der Waals surface area (Å²) in [5, 5.41) is 9.92. The minimum atomic E-state index is -5.99. The largest absolute Gasteiger partial charge is 0.493 e. The topological polar surface area (TPSA) is 73.6 Å². The first kappa shape index (κ1) is 29.2. The van der Waals surface area contributed by atoms with E-state index >= 15 is 0 Å². The molecule has 0 unspecified atom stereocenters. The van der Waals surface area contributed by atoms with Crippen LogP contribution in [-0.4, -0.2) is 45.8 Å². The molecule has 214 valence electrons. The van der Waals surface area contributed by atoms with Crippen LogP contribution in [0.5, 0.6) is 11.5 Å². The monoisotopic (exact) mass is 568 g/mol. The highest BCUT2D eigenvalue weighted by Gasteiger charge is 2.72. The molecule has 6 nitrogen and oxygen atoms in total. The van der Waals surface area contributed by atoms with Crippen LogP contribution in [0.1, 0.15) is 38.1 Å². The van der Waals surface area contributed by atoms with Gasteiger partial charge in [0.25, 0.3) is 11.2 Å². The molecule has 1 N–H and O–H groups in total. The van der Waals surface area contributed by atoms with Crippen molar-refractivity contribution in [2.75, 3.05) is 7.11 Å². The lowest BCUT2D eigenvalue weighted by molar-refractivity contribution is -0.352. The molecule has 2 aromatic carbocycles. The van der Waals surface area contributed by atoms with Gasteiger partial charge in [-0.15, -0.1) is 0 Å². The number of allylic oxidation sites excluding steroid dienone is 3. The number of fused-ring (bicyclic) bond motifs is 1. The van der Waals surface area contributed by atoms with E-state index in [4.69, 9.17) is 9.47 Å². The van der Waals surface area contributed by atoms with E-state index in [1.165, 1.54) is 17.7 Å². The Bertz CT molecular complexity index is 1510. The number of halogens is 6. The Kier molecular flexibility index (Phi) is 7.77. The van der Waals surface area contributed by atoms with Crippen LogP contribution in [0.4, 0.5) is 26.3 Å². The van der Waals surface area contributed by atoms with Crippen LogP contribution in [0, 0.1) is 0 Å². The molecule has 1 aliphatic rings. The lowest BCUT2D eigenvalue weighted by Gasteiger charge is -2.35. The molecular weight excluding hydrogens is 542 g/mol. The van der Waals surface area contributed by atoms with Crippen molar-refractivity contribution in [3.8, 4) is 11.5 Å². The van der Waals surface area contributed by atoms with Crippen LogP contribution >= 0.6 is 0 Å². The molecule has 40 heavy (non-hydrogen) atoms. The number of ether oxygens (including phenoxy) is 2. The van der Waals surface area contributed by atoms with Crippen molar-refractivity contribution >= 4 is 16.6 Å². The summed E-state index contributed by atoms with van der Waals surface area (Å²) in [5.41, 5.74) is -5.69. The van der Waals surface area contributed by atoms with E-state index in [9.17, 15) is 36.2 Å². The van der Waals surface area contributed by atoms with Crippen LogP contribution in [-0.2, 0) is 6.42 Å². The molecule has 1 heterocycles. The standard InChI is InChI=1S/C28H26F6N2O4/c1-16(2)40-23-15-21-20(14-22(23)39-3)25(37)36(24(35-21)13-17-7-5-4-6-8-17)19-11-9-18(10-12-19)26(38,27(29,30)31)28(32,33)34/h4-9,11,14-16,38H,10,12-13H2,1-3H3. The van der Waals surface area contributed by atoms with Gasteiger partial charge in [-0.2, -0.15) is 26.3 Å². The summed E-state index contributed by atoms with van der Waals surface area (Å²) in [4.78, 5) is 18.4. The van der Waals surface area contributed by atoms with E-state index in [0.717, 1.165) is 11.6 Å². The quantitative estimate of drug-likeness (QED) is 0.344. The molecule has 0 amide bonds. The van der Waals surface area contributed by atoms with Gasteiger partial charge >= 0.3 is 12.4 Å². The highest BCUT2D eigenvalue weighted by molar-refractivity contribution is 5.83. The maximum Gasteiger partial charge on any atom is 0.430 e. The van der Waals surface area contributed by atoms with Crippen LogP contribution in [0.3, 0.4) is 0 Å². The van der Waals surface area contributed by atoms with Crippen molar-refractivity contribution in [2.24, 2.45) is 0 Å². The van der Waals surface area contributed by atoms with Crippen molar-refractivity contribution in [2.45, 2.75) is 57.2 Å². The smallest absolute Gasteiger partial charge is 0.430 e. The number of nitrogens with zero attached hydrogens (tertiary/aromatic N) is 2. The second-order valence-corrected chi connectivity index (χ2v) is 9.57. The predicted molar refractivity (Wildman–Crippen MR) is 136 cm³/mol. The van der Waals surface area contributed by atoms with Crippen molar-refractivity contribution in [3.63, 3.8) is 0 Å². The van der Waals surface area contributed by atoms with Crippen molar-refractivity contribution < 1.29 is 40.9 Å². The molecule has 0 atom stereocenters. The van der Waals surface area contributed by atoms with Crippen molar-refractivity contribution in [1.82, 2.24) is 9.55 Å². The maximum absolute atomic E-state index is 13.8. The van der Waals surface area contributed by atoms with E-state index in [-0.39, 0.29) is 47.1 Å². The molecular formula is C28H26F6N2O4. The van der Waals surface area contributed by atoms with Gasteiger partial charge < -0.3 is 14.6 Å². The van der Waals surface area contributed by atoms with Gasteiger partial charge in [0.1, 0.15) is 5.82 Å². The number of alkyl halides is 6. The summed E-state index contributed by atoms with van der Waals surface area (Å²) in [5.74, 6) is 0.820. The zero-order chi connectivity index (χ0) is 29.5. The molecule has 12 heteroatoms. The van der Waals surface area contributed by atoms with Gasteiger partial charge in [-0.25, -0.2) is 4.98 Å². The fraction of sp³-hybridized carbons (Fsp3) is 0.357. The minimum absolute atomic E-state index is 0.113. The fourth-order valence-corrected chi connectivity index (χ4v) is 4.58. The molecule has 0 fully saturated rings. The zero-order valence-corrected chi connectivity index (χ0v) is 21.7. The Hall–Kier alpha value is -3.80. The number of aromatic nitrogens is 2. The second-order valence-electron chi connectivity index (χ2n) is 9.57. The molecule has 0 saturated carbocycles. The Labute approximate surface area is 225 Å². The zero-order valence-electron chi connectivity index (χ0n) is 21.7. The third kappa shape index (κ3) is 5.32. The van der Waals surface area contributed by atoms with Gasteiger partial charge in [0.2, 0.25) is 0 Å². The van der Waals surface area contributed by atoms with Crippen LogP contribution in [0.25, 0.3) is 16.6 Å². The van der Waals surface area contributed by atoms with Gasteiger partial charge in [-0.05, 0) is 50.0 Å². The van der Waals surface area contributed by atoms with E-state index in [2.05, 4.69) is 4.98 Å². The van der Waals surface area contributed by atoms with Gasteiger partial charge in [-0.3, -0.25) is 9.36 Å². The van der Waals surface area contributed by atoms with E-state index < -0.39 is 35.5 Å². The Morgan fingerprint density at radius 3 is 2.15 bits per heavy atom. The average molecular weight is 569 g/mol. The number of rotatable bonds is 7. The van der Waals surface area contributed by atoms with Gasteiger partial charge in [-0.1, -0.05) is 36.4 Å². The maximum atomic E-state index is 13.8. The molecule has 1 aromatic heterocycles. The highest BCUT2D eigenvalue weighted by atomic mass is 19.4. The second kappa shape index (κ2) is 10.6. The molecule has 1 aliphatic carbocycles. The summed E-state index contributed by atoms with van der Waals surface area (Å²) >= 11 is 0.